The van der Waals surface area contributed by atoms with Crippen molar-refractivity contribution in [3.63, 3.8) is 0 Å². The third kappa shape index (κ3) is 3.32. The Labute approximate surface area is 132 Å². The molecule has 0 fully saturated rings. The lowest BCUT2D eigenvalue weighted by Gasteiger charge is -2.11. The number of anilines is 2. The van der Waals surface area contributed by atoms with E-state index in [2.05, 4.69) is 37.2 Å². The lowest BCUT2D eigenvalue weighted by Crippen LogP contribution is -2.10. The first-order valence-electron chi connectivity index (χ1n) is 5.29. The summed E-state index contributed by atoms with van der Waals surface area (Å²) < 4.78 is 15.1. The molecule has 0 heterocycles. The zero-order chi connectivity index (χ0) is 14.0. The third-order valence-corrected chi connectivity index (χ3v) is 4.00. The second-order valence-electron chi connectivity index (χ2n) is 3.78. The van der Waals surface area contributed by atoms with Gasteiger partial charge in [0.05, 0.1) is 5.69 Å². The largest absolute Gasteiger partial charge is 0.389 e. The first-order chi connectivity index (χ1) is 8.99. The van der Waals surface area contributed by atoms with Gasteiger partial charge >= 0.3 is 0 Å². The quantitative estimate of drug-likeness (QED) is 0.727. The summed E-state index contributed by atoms with van der Waals surface area (Å²) in [5.74, 6) is -0.330. The fourth-order valence-electron chi connectivity index (χ4n) is 1.55. The minimum atomic E-state index is -0.330. The SMILES string of the molecule is NC(=S)c1ccc(Nc2c(F)cccc2Br)cc1Br. The highest BCUT2D eigenvalue weighted by molar-refractivity contribution is 9.11. The number of benzene rings is 2. The molecule has 2 nitrogen and oxygen atoms in total. The first-order valence-corrected chi connectivity index (χ1v) is 7.29. The molecule has 0 saturated heterocycles. The summed E-state index contributed by atoms with van der Waals surface area (Å²) in [6, 6.07) is 10.2. The van der Waals surface area contributed by atoms with Crippen LogP contribution in [0.25, 0.3) is 0 Å². The lowest BCUT2D eigenvalue weighted by atomic mass is 10.2. The average Bonchev–Trinajstić information content (AvgIpc) is 2.33. The van der Waals surface area contributed by atoms with E-state index in [9.17, 15) is 4.39 Å². The Kier molecular flexibility index (Phi) is 4.54. The summed E-state index contributed by atoms with van der Waals surface area (Å²) in [6.45, 7) is 0. The van der Waals surface area contributed by atoms with Crippen LogP contribution in [0.1, 0.15) is 5.56 Å². The van der Waals surface area contributed by atoms with Gasteiger partial charge in [-0.2, -0.15) is 0 Å². The van der Waals surface area contributed by atoms with E-state index in [-0.39, 0.29) is 5.82 Å². The molecule has 6 heteroatoms. The molecule has 2 rings (SSSR count). The van der Waals surface area contributed by atoms with Crippen LogP contribution in [0.3, 0.4) is 0 Å². The van der Waals surface area contributed by atoms with E-state index in [1.54, 1.807) is 30.3 Å². The van der Waals surface area contributed by atoms with Gasteiger partial charge in [0.2, 0.25) is 0 Å². The lowest BCUT2D eigenvalue weighted by molar-refractivity contribution is 0.631. The van der Waals surface area contributed by atoms with E-state index in [1.165, 1.54) is 6.07 Å². The van der Waals surface area contributed by atoms with Crippen molar-refractivity contribution < 1.29 is 4.39 Å². The molecule has 0 amide bonds. The van der Waals surface area contributed by atoms with Crippen LogP contribution < -0.4 is 11.1 Å². The van der Waals surface area contributed by atoms with Crippen LogP contribution in [0.2, 0.25) is 0 Å². The van der Waals surface area contributed by atoms with Crippen LogP contribution in [0.15, 0.2) is 45.3 Å². The molecule has 0 unspecified atom stereocenters. The number of thiocarbonyl (C=S) groups is 1. The van der Waals surface area contributed by atoms with Crippen molar-refractivity contribution in [2.24, 2.45) is 5.73 Å². The molecule has 19 heavy (non-hydrogen) atoms. The van der Waals surface area contributed by atoms with E-state index in [1.807, 2.05) is 0 Å². The summed E-state index contributed by atoms with van der Waals surface area (Å²) in [6.07, 6.45) is 0. The second-order valence-corrected chi connectivity index (χ2v) is 5.93. The minimum absolute atomic E-state index is 0.311. The fraction of sp³-hybridized carbons (Fsp3) is 0. The van der Waals surface area contributed by atoms with Crippen molar-refractivity contribution in [2.45, 2.75) is 0 Å². The van der Waals surface area contributed by atoms with Gasteiger partial charge in [-0.1, -0.05) is 18.3 Å². The van der Waals surface area contributed by atoms with E-state index >= 15 is 0 Å². The minimum Gasteiger partial charge on any atom is -0.389 e. The van der Waals surface area contributed by atoms with Crippen LogP contribution in [-0.4, -0.2) is 4.99 Å². The van der Waals surface area contributed by atoms with Crippen LogP contribution in [0, 0.1) is 5.82 Å². The van der Waals surface area contributed by atoms with E-state index < -0.39 is 0 Å². The molecule has 0 aliphatic carbocycles. The van der Waals surface area contributed by atoms with Gasteiger partial charge in [-0.15, -0.1) is 0 Å². The molecule has 0 bridgehead atoms. The molecule has 3 N–H and O–H groups in total. The molecule has 0 aromatic heterocycles. The molecule has 2 aromatic rings. The van der Waals surface area contributed by atoms with Gasteiger partial charge in [-0.25, -0.2) is 4.39 Å². The van der Waals surface area contributed by atoms with Gasteiger partial charge in [0.15, 0.2) is 0 Å². The second kappa shape index (κ2) is 5.98. The van der Waals surface area contributed by atoms with Gasteiger partial charge in [0, 0.05) is 20.2 Å². The predicted octanol–water partition coefficient (Wildman–Crippen LogP) is 4.73. The van der Waals surface area contributed by atoms with Crippen molar-refractivity contribution >= 4 is 60.4 Å². The maximum absolute atomic E-state index is 13.7. The van der Waals surface area contributed by atoms with Crippen molar-refractivity contribution in [3.05, 3.63) is 56.7 Å². The number of nitrogens with two attached hydrogens (primary N) is 1. The topological polar surface area (TPSA) is 38.0 Å². The Balaban J connectivity index is 2.34. The van der Waals surface area contributed by atoms with Crippen molar-refractivity contribution in [1.29, 1.82) is 0 Å². The molecule has 0 atom stereocenters. The fourth-order valence-corrected chi connectivity index (χ4v) is 2.90. The molecule has 0 aliphatic rings. The number of halogens is 3. The highest BCUT2D eigenvalue weighted by atomic mass is 79.9. The number of hydrogen-bond acceptors (Lipinski definition) is 2. The van der Waals surface area contributed by atoms with Gasteiger partial charge in [0.25, 0.3) is 0 Å². The maximum Gasteiger partial charge on any atom is 0.147 e. The van der Waals surface area contributed by atoms with E-state index in [0.29, 0.717) is 15.1 Å². The van der Waals surface area contributed by atoms with Gasteiger partial charge < -0.3 is 11.1 Å². The zero-order valence-corrected chi connectivity index (χ0v) is 13.6. The average molecular weight is 404 g/mol. The number of rotatable bonds is 3. The van der Waals surface area contributed by atoms with Crippen molar-refractivity contribution in [2.75, 3.05) is 5.32 Å². The van der Waals surface area contributed by atoms with Gasteiger partial charge in [-0.3, -0.25) is 0 Å². The Morgan fingerprint density at radius 3 is 2.47 bits per heavy atom. The standard InChI is InChI=1S/C13H9Br2FN2S/c14-9-2-1-3-11(16)12(9)18-7-4-5-8(13(17)19)10(15)6-7/h1-6,18H,(H2,17,19). The number of para-hydroxylation sites is 1. The number of hydrogen-bond donors (Lipinski definition) is 2. The Morgan fingerprint density at radius 1 is 1.16 bits per heavy atom. The molecule has 0 saturated carbocycles. The smallest absolute Gasteiger partial charge is 0.147 e. The molecule has 0 spiro atoms. The summed E-state index contributed by atoms with van der Waals surface area (Å²) >= 11 is 11.6. The summed E-state index contributed by atoms with van der Waals surface area (Å²) in [7, 11) is 0. The number of nitrogens with one attached hydrogen (secondary N) is 1. The monoisotopic (exact) mass is 402 g/mol. The molecule has 98 valence electrons. The molecule has 0 radical (unpaired) electrons. The molecular formula is C13H9Br2FN2S. The van der Waals surface area contributed by atoms with E-state index in [4.69, 9.17) is 18.0 Å². The summed E-state index contributed by atoms with van der Waals surface area (Å²) in [4.78, 5) is 0.311. The Hall–Kier alpha value is -0.980. The zero-order valence-electron chi connectivity index (χ0n) is 9.58. The molecule has 2 aromatic carbocycles. The third-order valence-electron chi connectivity index (χ3n) is 2.47. The van der Waals surface area contributed by atoms with Crippen LogP contribution in [0.4, 0.5) is 15.8 Å². The highest BCUT2D eigenvalue weighted by Gasteiger charge is 2.08. The Bertz CT molecular complexity index is 626. The van der Waals surface area contributed by atoms with Crippen LogP contribution in [-0.2, 0) is 0 Å². The normalized spacial score (nSPS) is 10.3. The van der Waals surface area contributed by atoms with Gasteiger partial charge in [-0.05, 0) is 62.2 Å². The Morgan fingerprint density at radius 2 is 1.89 bits per heavy atom. The van der Waals surface area contributed by atoms with Crippen molar-refractivity contribution in [1.82, 2.24) is 0 Å². The summed E-state index contributed by atoms with van der Waals surface area (Å²) in [5, 5.41) is 3.01. The highest BCUT2D eigenvalue weighted by Crippen LogP contribution is 2.30. The van der Waals surface area contributed by atoms with Crippen LogP contribution in [0.5, 0.6) is 0 Å². The molecule has 0 aliphatic heterocycles. The molecular weight excluding hydrogens is 395 g/mol. The van der Waals surface area contributed by atoms with E-state index in [0.717, 1.165) is 15.7 Å². The van der Waals surface area contributed by atoms with Crippen LogP contribution >= 0.6 is 44.1 Å². The first kappa shape index (κ1) is 14.4. The predicted molar refractivity (Wildman–Crippen MR) is 87.4 cm³/mol. The summed E-state index contributed by atoms with van der Waals surface area (Å²) in [5.41, 5.74) is 7.44. The van der Waals surface area contributed by atoms with Gasteiger partial charge in [0.1, 0.15) is 10.8 Å². The van der Waals surface area contributed by atoms with Crippen molar-refractivity contribution in [3.8, 4) is 0 Å². The maximum atomic E-state index is 13.7.